The van der Waals surface area contributed by atoms with Gasteiger partial charge < -0.3 is 5.32 Å². The Kier molecular flexibility index (Phi) is 4.59. The number of rotatable bonds is 5. The van der Waals surface area contributed by atoms with Gasteiger partial charge in [-0.2, -0.15) is 5.10 Å². The van der Waals surface area contributed by atoms with E-state index < -0.39 is 0 Å². The smallest absolute Gasteiger partial charge is 0.229 e. The molecule has 2 atom stereocenters. The van der Waals surface area contributed by atoms with Crippen LogP contribution in [0.1, 0.15) is 23.5 Å². The Hall–Kier alpha value is -2.47. The first-order chi connectivity index (χ1) is 12.6. The highest BCUT2D eigenvalue weighted by Gasteiger charge is 2.44. The average molecular weight is 414 g/mol. The molecule has 6 heteroatoms. The van der Waals surface area contributed by atoms with E-state index in [0.29, 0.717) is 12.4 Å². The van der Waals surface area contributed by atoms with Gasteiger partial charge in [-0.05, 0) is 51.5 Å². The van der Waals surface area contributed by atoms with Gasteiger partial charge in [0.2, 0.25) is 5.91 Å². The third kappa shape index (κ3) is 3.70. The molecule has 2 unspecified atom stereocenters. The molecule has 4 nitrogen and oxygen atoms in total. The fourth-order valence-electron chi connectivity index (χ4n) is 3.10. The Morgan fingerprint density at radius 3 is 2.65 bits per heavy atom. The van der Waals surface area contributed by atoms with Crippen LogP contribution in [-0.2, 0) is 11.3 Å². The molecule has 1 N–H and O–H groups in total. The number of nitrogens with zero attached hydrogens (tertiary/aromatic N) is 2. The van der Waals surface area contributed by atoms with Crippen LogP contribution in [-0.4, -0.2) is 15.7 Å². The SMILES string of the molecule is O=C(Nc1nn(Cc2ccc(F)cc2)cc1Br)C1CC1c1ccccc1. The Labute approximate surface area is 159 Å². The van der Waals surface area contributed by atoms with Gasteiger partial charge in [0.25, 0.3) is 0 Å². The van der Waals surface area contributed by atoms with Gasteiger partial charge in [-0.1, -0.05) is 42.5 Å². The number of carbonyl (C=O) groups is 1. The van der Waals surface area contributed by atoms with E-state index in [1.165, 1.54) is 17.7 Å². The molecule has 1 amide bonds. The summed E-state index contributed by atoms with van der Waals surface area (Å²) < 4.78 is 15.4. The highest BCUT2D eigenvalue weighted by molar-refractivity contribution is 9.10. The van der Waals surface area contributed by atoms with Crippen molar-refractivity contribution in [2.45, 2.75) is 18.9 Å². The van der Waals surface area contributed by atoms with Crippen molar-refractivity contribution in [2.24, 2.45) is 5.92 Å². The molecule has 1 aromatic heterocycles. The number of hydrogen-bond donors (Lipinski definition) is 1. The Morgan fingerprint density at radius 1 is 1.19 bits per heavy atom. The summed E-state index contributed by atoms with van der Waals surface area (Å²) in [5, 5.41) is 7.33. The van der Waals surface area contributed by atoms with Crippen LogP contribution in [0.4, 0.5) is 10.2 Å². The van der Waals surface area contributed by atoms with E-state index in [-0.39, 0.29) is 23.6 Å². The summed E-state index contributed by atoms with van der Waals surface area (Å²) in [5.41, 5.74) is 2.14. The topological polar surface area (TPSA) is 46.9 Å². The monoisotopic (exact) mass is 413 g/mol. The summed E-state index contributed by atoms with van der Waals surface area (Å²) >= 11 is 3.44. The molecule has 0 aliphatic heterocycles. The van der Waals surface area contributed by atoms with Crippen LogP contribution in [0.2, 0.25) is 0 Å². The second kappa shape index (κ2) is 7.03. The van der Waals surface area contributed by atoms with Crippen molar-refractivity contribution in [1.82, 2.24) is 9.78 Å². The van der Waals surface area contributed by atoms with Crippen LogP contribution in [0.25, 0.3) is 0 Å². The molecule has 132 valence electrons. The predicted octanol–water partition coefficient (Wildman–Crippen LogP) is 4.58. The van der Waals surface area contributed by atoms with E-state index in [4.69, 9.17) is 0 Å². The summed E-state index contributed by atoms with van der Waals surface area (Å²) in [7, 11) is 0. The standard InChI is InChI=1S/C20H17BrFN3O/c21-18-12-25(11-13-6-8-15(22)9-7-13)24-19(18)23-20(26)17-10-16(17)14-4-2-1-3-5-14/h1-9,12,16-17H,10-11H2,(H,23,24,26). The van der Waals surface area contributed by atoms with Crippen LogP contribution in [0.5, 0.6) is 0 Å². The molecule has 3 aromatic rings. The molecule has 0 spiro atoms. The van der Waals surface area contributed by atoms with E-state index in [1.807, 2.05) is 18.2 Å². The van der Waals surface area contributed by atoms with Crippen molar-refractivity contribution >= 4 is 27.7 Å². The van der Waals surface area contributed by atoms with Gasteiger partial charge in [-0.3, -0.25) is 9.48 Å². The third-order valence-corrected chi connectivity index (χ3v) is 5.15. The van der Waals surface area contributed by atoms with Crippen LogP contribution in [0, 0.1) is 11.7 Å². The van der Waals surface area contributed by atoms with Crippen LogP contribution in [0.15, 0.2) is 65.3 Å². The predicted molar refractivity (Wildman–Crippen MR) is 101 cm³/mol. The highest BCUT2D eigenvalue weighted by atomic mass is 79.9. The van der Waals surface area contributed by atoms with E-state index in [1.54, 1.807) is 23.0 Å². The van der Waals surface area contributed by atoms with E-state index >= 15 is 0 Å². The number of benzene rings is 2. The molecular weight excluding hydrogens is 397 g/mol. The van der Waals surface area contributed by atoms with Gasteiger partial charge in [0.15, 0.2) is 5.82 Å². The number of halogens is 2. The molecule has 0 saturated heterocycles. The van der Waals surface area contributed by atoms with Crippen molar-refractivity contribution in [2.75, 3.05) is 5.32 Å². The molecule has 26 heavy (non-hydrogen) atoms. The lowest BCUT2D eigenvalue weighted by molar-refractivity contribution is -0.117. The maximum Gasteiger partial charge on any atom is 0.229 e. The zero-order valence-electron chi connectivity index (χ0n) is 13.9. The number of carbonyl (C=O) groups excluding carboxylic acids is 1. The van der Waals surface area contributed by atoms with Gasteiger partial charge in [-0.15, -0.1) is 0 Å². The maximum absolute atomic E-state index is 13.0. The molecule has 4 rings (SSSR count). The highest BCUT2D eigenvalue weighted by Crippen LogP contribution is 2.48. The zero-order chi connectivity index (χ0) is 18.1. The number of anilines is 1. The Morgan fingerprint density at radius 2 is 1.92 bits per heavy atom. The second-order valence-electron chi connectivity index (χ2n) is 6.50. The summed E-state index contributed by atoms with van der Waals surface area (Å²) in [6, 6.07) is 16.4. The first-order valence-electron chi connectivity index (χ1n) is 8.43. The van der Waals surface area contributed by atoms with Crippen molar-refractivity contribution in [1.29, 1.82) is 0 Å². The molecule has 1 fully saturated rings. The molecule has 1 aliphatic carbocycles. The number of nitrogens with one attached hydrogen (secondary N) is 1. The van der Waals surface area contributed by atoms with Gasteiger partial charge in [0.1, 0.15) is 5.82 Å². The molecular formula is C20H17BrFN3O. The van der Waals surface area contributed by atoms with Crippen molar-refractivity contribution in [3.05, 3.63) is 82.2 Å². The average Bonchev–Trinajstić information content (AvgIpc) is 3.38. The lowest BCUT2D eigenvalue weighted by Gasteiger charge is -2.03. The fourth-order valence-corrected chi connectivity index (χ4v) is 3.52. The summed E-state index contributed by atoms with van der Waals surface area (Å²) in [6.45, 7) is 0.505. The van der Waals surface area contributed by atoms with E-state index in [2.05, 4.69) is 38.5 Å². The van der Waals surface area contributed by atoms with Crippen molar-refractivity contribution in [3.8, 4) is 0 Å². The van der Waals surface area contributed by atoms with Crippen molar-refractivity contribution < 1.29 is 9.18 Å². The maximum atomic E-state index is 13.0. The summed E-state index contributed by atoms with van der Waals surface area (Å²) in [4.78, 5) is 12.5. The number of hydrogen-bond acceptors (Lipinski definition) is 2. The van der Waals surface area contributed by atoms with Gasteiger partial charge in [0.05, 0.1) is 11.0 Å². The second-order valence-corrected chi connectivity index (χ2v) is 7.35. The molecule has 0 bridgehead atoms. The zero-order valence-corrected chi connectivity index (χ0v) is 15.5. The first kappa shape index (κ1) is 17.0. The molecule has 1 saturated carbocycles. The minimum atomic E-state index is -0.263. The van der Waals surface area contributed by atoms with E-state index in [0.717, 1.165) is 16.5 Å². The first-order valence-corrected chi connectivity index (χ1v) is 9.22. The lowest BCUT2D eigenvalue weighted by atomic mass is 10.1. The molecule has 2 aromatic carbocycles. The van der Waals surface area contributed by atoms with Gasteiger partial charge in [0, 0.05) is 12.1 Å². The fraction of sp³-hybridized carbons (Fsp3) is 0.200. The minimum absolute atomic E-state index is 0.00779. The van der Waals surface area contributed by atoms with E-state index in [9.17, 15) is 9.18 Å². The van der Waals surface area contributed by atoms with Gasteiger partial charge >= 0.3 is 0 Å². The van der Waals surface area contributed by atoms with Crippen LogP contribution in [0.3, 0.4) is 0 Å². The lowest BCUT2D eigenvalue weighted by Crippen LogP contribution is -2.15. The minimum Gasteiger partial charge on any atom is -0.308 e. The van der Waals surface area contributed by atoms with Crippen molar-refractivity contribution in [3.63, 3.8) is 0 Å². The summed E-state index contributed by atoms with van der Waals surface area (Å²) in [6.07, 6.45) is 2.67. The quantitative estimate of drug-likeness (QED) is 0.665. The largest absolute Gasteiger partial charge is 0.308 e. The van der Waals surface area contributed by atoms with Gasteiger partial charge in [-0.25, -0.2) is 4.39 Å². The van der Waals surface area contributed by atoms with Crippen LogP contribution >= 0.6 is 15.9 Å². The summed E-state index contributed by atoms with van der Waals surface area (Å²) in [5.74, 6) is 0.519. The number of aromatic nitrogens is 2. The van der Waals surface area contributed by atoms with Crippen LogP contribution < -0.4 is 5.32 Å². The third-order valence-electron chi connectivity index (χ3n) is 4.57. The molecule has 1 heterocycles. The molecule has 0 radical (unpaired) electrons. The number of amides is 1. The Bertz CT molecular complexity index is 924. The Balaban J connectivity index is 1.40. The molecule has 1 aliphatic rings. The normalized spacial score (nSPS) is 18.5.